The fraction of sp³-hybridized carbons (Fsp3) is 0.200. The van der Waals surface area contributed by atoms with Crippen LogP contribution < -0.4 is 9.74 Å². The molecule has 246 valence electrons. The molecule has 9 rings (SSSR count). The molecule has 5 heteroatoms. The first-order valence-electron chi connectivity index (χ1n) is 17.6. The Bertz CT molecular complexity index is 2270. The predicted octanol–water partition coefficient (Wildman–Crippen LogP) is 10.4. The van der Waals surface area contributed by atoms with Gasteiger partial charge in [0.2, 0.25) is 5.88 Å². The molecule has 6 aromatic rings. The third-order valence-electron chi connectivity index (χ3n) is 10.9. The Morgan fingerprint density at radius 3 is 2.04 bits per heavy atom. The topological polar surface area (TPSA) is 41.5 Å². The van der Waals surface area contributed by atoms with E-state index in [9.17, 15) is 0 Å². The number of nitrogens with zero attached hydrogens (tertiary/aromatic N) is 4. The quantitative estimate of drug-likeness (QED) is 0.179. The molecule has 0 fully saturated rings. The molecule has 0 amide bonds. The molecule has 0 spiro atoms. The number of anilines is 1. The van der Waals surface area contributed by atoms with Crippen LogP contribution in [0.25, 0.3) is 33.5 Å². The second-order valence-corrected chi connectivity index (χ2v) is 14.1. The molecule has 5 nitrogen and oxygen atoms in total. The van der Waals surface area contributed by atoms with Crippen molar-refractivity contribution in [3.05, 3.63) is 166 Å². The Hall–Kier alpha value is -5.68. The number of hydroxylamine groups is 2. The summed E-state index contributed by atoms with van der Waals surface area (Å²) < 4.78 is 0. The minimum Gasteiger partial charge on any atom is -0.358 e. The summed E-state index contributed by atoms with van der Waals surface area (Å²) in [4.78, 5) is 19.5. The van der Waals surface area contributed by atoms with Gasteiger partial charge in [0.25, 0.3) is 0 Å². The number of hydrogen-bond donors (Lipinski definition) is 0. The number of allylic oxidation sites excluding steroid dienone is 2. The molecule has 0 saturated heterocycles. The molecule has 2 aliphatic carbocycles. The molecule has 0 N–H and O–H groups in total. The molecule has 2 atom stereocenters. The highest BCUT2D eigenvalue weighted by Crippen LogP contribution is 2.55. The van der Waals surface area contributed by atoms with Crippen LogP contribution in [0.3, 0.4) is 0 Å². The minimum atomic E-state index is 0.338. The largest absolute Gasteiger partial charge is 0.358 e. The van der Waals surface area contributed by atoms with Crippen molar-refractivity contribution in [3.63, 3.8) is 0 Å². The third kappa shape index (κ3) is 5.08. The summed E-state index contributed by atoms with van der Waals surface area (Å²) >= 11 is 0. The van der Waals surface area contributed by atoms with Gasteiger partial charge in [0.15, 0.2) is 0 Å². The van der Waals surface area contributed by atoms with Gasteiger partial charge in [-0.1, -0.05) is 91.0 Å². The van der Waals surface area contributed by atoms with Crippen LogP contribution in [0.2, 0.25) is 0 Å². The normalized spacial score (nSPS) is 17.6. The monoisotopic (exact) mass is 652 g/mol. The van der Waals surface area contributed by atoms with E-state index in [1.54, 1.807) is 0 Å². The maximum absolute atomic E-state index is 7.00. The first-order valence-corrected chi connectivity index (χ1v) is 17.6. The molecular formula is C45H40N4O. The lowest BCUT2D eigenvalue weighted by molar-refractivity contribution is -0.0259. The van der Waals surface area contributed by atoms with Crippen LogP contribution in [0.4, 0.5) is 5.82 Å². The van der Waals surface area contributed by atoms with Gasteiger partial charge < -0.3 is 9.74 Å². The molecule has 1 aliphatic heterocycles. The van der Waals surface area contributed by atoms with Crippen molar-refractivity contribution in [2.75, 3.05) is 11.6 Å². The SMILES string of the molecule is Cc1cccc(C)c1-c1cc(ON2CN(c3cc(-c4c(C)cccc4C)ccn3)C3=C2C2Cc4ccccc4C2C3)nc(-c2ccccc2)c1. The molecular weight excluding hydrogens is 613 g/mol. The minimum absolute atomic E-state index is 0.338. The summed E-state index contributed by atoms with van der Waals surface area (Å²) in [7, 11) is 0. The van der Waals surface area contributed by atoms with Crippen molar-refractivity contribution < 1.29 is 4.84 Å². The lowest BCUT2D eigenvalue weighted by Crippen LogP contribution is -2.34. The first-order chi connectivity index (χ1) is 24.4. The summed E-state index contributed by atoms with van der Waals surface area (Å²) in [5.74, 6) is 2.29. The molecule has 2 aromatic heterocycles. The number of aromatic nitrogens is 2. The summed E-state index contributed by atoms with van der Waals surface area (Å²) in [5, 5.41) is 2.12. The maximum atomic E-state index is 7.00. The van der Waals surface area contributed by atoms with E-state index in [4.69, 9.17) is 14.8 Å². The second kappa shape index (κ2) is 12.0. The number of hydrogen-bond acceptors (Lipinski definition) is 5. The van der Waals surface area contributed by atoms with Gasteiger partial charge >= 0.3 is 0 Å². The molecule has 4 aromatic carbocycles. The molecule has 50 heavy (non-hydrogen) atoms. The number of benzene rings is 4. The highest BCUT2D eigenvalue weighted by atomic mass is 16.7. The maximum Gasteiger partial charge on any atom is 0.247 e. The molecule has 3 aliphatic rings. The van der Waals surface area contributed by atoms with Crippen molar-refractivity contribution in [2.45, 2.75) is 46.5 Å². The number of fused-ring (bicyclic) bond motifs is 4. The standard InChI is InChI=1S/C45H40N4O/c1-28-12-10-13-29(2)43(28)34-20-21-46-41(24-34)48-27-49(45-38-22-33-18-8-9-19-36(33)37(38)26-40(45)48)50-42-25-35(44-30(3)14-11-15-31(44)4)23-39(47-42)32-16-6-5-7-17-32/h5-21,23-25,37-38H,22,26-27H2,1-4H3. The van der Waals surface area contributed by atoms with Gasteiger partial charge in [-0.3, -0.25) is 0 Å². The lowest BCUT2D eigenvalue weighted by atomic mass is 9.94. The number of aryl methyl sites for hydroxylation is 4. The van der Waals surface area contributed by atoms with Crippen LogP contribution in [-0.4, -0.2) is 21.7 Å². The van der Waals surface area contributed by atoms with Gasteiger partial charge in [0.1, 0.15) is 12.5 Å². The zero-order valence-corrected chi connectivity index (χ0v) is 29.0. The molecule has 0 bridgehead atoms. The van der Waals surface area contributed by atoms with Gasteiger partial charge in [-0.05, 0) is 120 Å². The van der Waals surface area contributed by atoms with Gasteiger partial charge in [0.05, 0.1) is 11.4 Å². The molecule has 0 saturated carbocycles. The smallest absolute Gasteiger partial charge is 0.247 e. The van der Waals surface area contributed by atoms with Crippen LogP contribution in [0.1, 0.15) is 45.7 Å². The van der Waals surface area contributed by atoms with E-state index < -0.39 is 0 Å². The predicted molar refractivity (Wildman–Crippen MR) is 202 cm³/mol. The van der Waals surface area contributed by atoms with E-state index in [1.807, 2.05) is 12.3 Å². The zero-order valence-electron chi connectivity index (χ0n) is 29.0. The second-order valence-electron chi connectivity index (χ2n) is 14.1. The Balaban J connectivity index is 1.14. The van der Waals surface area contributed by atoms with Crippen molar-refractivity contribution in [2.24, 2.45) is 5.92 Å². The summed E-state index contributed by atoms with van der Waals surface area (Å²) in [6.45, 7) is 9.28. The fourth-order valence-corrected chi connectivity index (χ4v) is 8.73. The Morgan fingerprint density at radius 1 is 0.620 bits per heavy atom. The summed E-state index contributed by atoms with van der Waals surface area (Å²) in [5.41, 5.74) is 17.2. The van der Waals surface area contributed by atoms with E-state index in [2.05, 4.69) is 147 Å². The molecule has 2 unspecified atom stereocenters. The summed E-state index contributed by atoms with van der Waals surface area (Å²) in [6, 6.07) is 41.0. The van der Waals surface area contributed by atoms with Gasteiger partial charge in [-0.25, -0.2) is 9.97 Å². The van der Waals surface area contributed by atoms with Gasteiger partial charge in [0, 0.05) is 29.4 Å². The van der Waals surface area contributed by atoms with Gasteiger partial charge in [-0.2, -0.15) is 5.06 Å². The third-order valence-corrected chi connectivity index (χ3v) is 10.9. The Labute approximate surface area is 294 Å². The van der Waals surface area contributed by atoms with Crippen molar-refractivity contribution >= 4 is 5.82 Å². The van der Waals surface area contributed by atoms with Crippen LogP contribution in [0, 0.1) is 33.6 Å². The Kier molecular flexibility index (Phi) is 7.31. The Morgan fingerprint density at radius 2 is 1.30 bits per heavy atom. The van der Waals surface area contributed by atoms with Crippen molar-refractivity contribution in [1.29, 1.82) is 0 Å². The van der Waals surface area contributed by atoms with Crippen LogP contribution >= 0.6 is 0 Å². The average molecular weight is 653 g/mol. The number of rotatable bonds is 6. The van der Waals surface area contributed by atoms with E-state index in [0.29, 0.717) is 24.4 Å². The highest BCUT2D eigenvalue weighted by molar-refractivity contribution is 5.76. The van der Waals surface area contributed by atoms with Crippen molar-refractivity contribution in [3.8, 4) is 39.4 Å². The highest BCUT2D eigenvalue weighted by Gasteiger charge is 2.49. The van der Waals surface area contributed by atoms with E-state index in [-0.39, 0.29) is 0 Å². The van der Waals surface area contributed by atoms with Crippen LogP contribution in [-0.2, 0) is 6.42 Å². The molecule has 0 radical (unpaired) electrons. The van der Waals surface area contributed by atoms with E-state index >= 15 is 0 Å². The van der Waals surface area contributed by atoms with E-state index in [0.717, 1.165) is 35.5 Å². The average Bonchev–Trinajstić information content (AvgIpc) is 3.78. The molecule has 3 heterocycles. The zero-order chi connectivity index (χ0) is 33.9. The fourth-order valence-electron chi connectivity index (χ4n) is 8.73. The van der Waals surface area contributed by atoms with Gasteiger partial charge in [-0.15, -0.1) is 0 Å². The van der Waals surface area contributed by atoms with Crippen LogP contribution in [0.5, 0.6) is 5.88 Å². The number of pyridine rings is 2. The van der Waals surface area contributed by atoms with Crippen LogP contribution in [0.15, 0.2) is 133 Å². The summed E-state index contributed by atoms with van der Waals surface area (Å²) in [6.07, 6.45) is 3.92. The van der Waals surface area contributed by atoms with E-state index in [1.165, 1.54) is 61.5 Å². The van der Waals surface area contributed by atoms with Crippen molar-refractivity contribution in [1.82, 2.24) is 15.0 Å². The first kappa shape index (κ1) is 30.4. The lowest BCUT2D eigenvalue weighted by Gasteiger charge is -2.28.